The first-order valence-electron chi connectivity index (χ1n) is 10.9. The molecular weight excluding hydrogens is 502 g/mol. The number of aromatic nitrogens is 4. The van der Waals surface area contributed by atoms with Crippen LogP contribution in [0.5, 0.6) is 5.88 Å². The number of pyridine rings is 1. The van der Waals surface area contributed by atoms with Crippen molar-refractivity contribution in [3.05, 3.63) is 35.8 Å². The molecule has 0 unspecified atom stereocenters. The van der Waals surface area contributed by atoms with E-state index >= 15 is 0 Å². The van der Waals surface area contributed by atoms with Crippen molar-refractivity contribution in [2.24, 2.45) is 0 Å². The summed E-state index contributed by atoms with van der Waals surface area (Å²) in [4.78, 5) is 33.9. The number of fused-ring (bicyclic) bond motifs is 1. The van der Waals surface area contributed by atoms with Crippen molar-refractivity contribution in [2.45, 2.75) is 37.8 Å². The highest BCUT2D eigenvalue weighted by Gasteiger charge is 2.58. The lowest BCUT2D eigenvalue weighted by atomic mass is 10.1. The summed E-state index contributed by atoms with van der Waals surface area (Å²) in [5.41, 5.74) is 4.45. The second kappa shape index (κ2) is 9.14. The fourth-order valence-corrected chi connectivity index (χ4v) is 4.12. The lowest BCUT2D eigenvalue weighted by Gasteiger charge is -2.29. The number of nitrogens with two attached hydrogens (primary N) is 1. The average molecular weight is 525 g/mol. The molecule has 1 fully saturated rings. The van der Waals surface area contributed by atoms with Crippen LogP contribution >= 0.6 is 0 Å². The van der Waals surface area contributed by atoms with E-state index in [9.17, 15) is 32.3 Å². The van der Waals surface area contributed by atoms with Crippen molar-refractivity contribution in [2.75, 3.05) is 25.9 Å². The maximum atomic E-state index is 14.7. The van der Waals surface area contributed by atoms with Gasteiger partial charge in [0.15, 0.2) is 5.82 Å². The molecule has 4 N–H and O–H groups in total. The van der Waals surface area contributed by atoms with Gasteiger partial charge in [-0.1, -0.05) is 0 Å². The van der Waals surface area contributed by atoms with E-state index in [1.807, 2.05) is 0 Å². The molecule has 11 nitrogen and oxygen atoms in total. The smallest absolute Gasteiger partial charge is 0.426 e. The van der Waals surface area contributed by atoms with Gasteiger partial charge in [-0.25, -0.2) is 18.9 Å². The number of amides is 2. The fourth-order valence-electron chi connectivity index (χ4n) is 4.12. The molecule has 2 amide bonds. The SMILES string of the molecule is COc1ncc(-c2cc(C)c3c(N)ncnn23)cc1C(=O)N[C@@H]1CN(C(=O)[C@@](C)(O)C(F)(F)F)C[C@@H]1F. The lowest BCUT2D eigenvalue weighted by molar-refractivity contribution is -0.249. The molecule has 1 aliphatic rings. The first-order chi connectivity index (χ1) is 17.3. The van der Waals surface area contributed by atoms with E-state index in [1.54, 1.807) is 13.0 Å². The molecule has 3 atom stereocenters. The summed E-state index contributed by atoms with van der Waals surface area (Å²) < 4.78 is 60.5. The van der Waals surface area contributed by atoms with Crippen LogP contribution in [0.25, 0.3) is 16.8 Å². The van der Waals surface area contributed by atoms with E-state index in [0.29, 0.717) is 28.6 Å². The minimum absolute atomic E-state index is 0.0886. The summed E-state index contributed by atoms with van der Waals surface area (Å²) in [6, 6.07) is 1.86. The number of halogens is 4. The van der Waals surface area contributed by atoms with Crippen molar-refractivity contribution < 1.29 is 37.0 Å². The van der Waals surface area contributed by atoms with E-state index < -0.39 is 48.9 Å². The van der Waals surface area contributed by atoms with Gasteiger partial charge in [0.05, 0.1) is 25.4 Å². The molecule has 1 aliphatic heterocycles. The molecule has 3 aromatic heterocycles. The Kier molecular flexibility index (Phi) is 6.44. The number of carbonyl (C=O) groups excluding carboxylic acids is 2. The van der Waals surface area contributed by atoms with E-state index in [2.05, 4.69) is 20.4 Å². The van der Waals surface area contributed by atoms with Gasteiger partial charge in [-0.2, -0.15) is 18.3 Å². The lowest BCUT2D eigenvalue weighted by Crippen LogP contribution is -2.56. The largest absolute Gasteiger partial charge is 0.480 e. The minimum Gasteiger partial charge on any atom is -0.480 e. The Morgan fingerprint density at radius 1 is 1.24 bits per heavy atom. The number of hydrogen-bond acceptors (Lipinski definition) is 8. The van der Waals surface area contributed by atoms with E-state index in [-0.39, 0.29) is 17.3 Å². The number of likely N-dealkylation sites (tertiary alicyclic amines) is 1. The van der Waals surface area contributed by atoms with Crippen molar-refractivity contribution in [3.8, 4) is 17.1 Å². The van der Waals surface area contributed by atoms with Gasteiger partial charge >= 0.3 is 6.18 Å². The summed E-state index contributed by atoms with van der Waals surface area (Å²) in [7, 11) is 1.27. The zero-order valence-electron chi connectivity index (χ0n) is 19.9. The molecule has 4 rings (SSSR count). The van der Waals surface area contributed by atoms with Crippen LogP contribution in [0, 0.1) is 6.92 Å². The third kappa shape index (κ3) is 4.50. The van der Waals surface area contributed by atoms with Crippen LogP contribution in [-0.4, -0.2) is 85.6 Å². The Bertz CT molecular complexity index is 1380. The number of aryl methyl sites for hydroxylation is 1. The van der Waals surface area contributed by atoms with Crippen molar-refractivity contribution in [1.82, 2.24) is 29.8 Å². The average Bonchev–Trinajstić information content (AvgIpc) is 3.37. The highest BCUT2D eigenvalue weighted by atomic mass is 19.4. The first kappa shape index (κ1) is 26.1. The molecule has 198 valence electrons. The zero-order chi connectivity index (χ0) is 27.3. The molecule has 0 bridgehead atoms. The van der Waals surface area contributed by atoms with Gasteiger partial charge in [-0.15, -0.1) is 0 Å². The summed E-state index contributed by atoms with van der Waals surface area (Å²) in [5, 5.41) is 16.2. The first-order valence-corrected chi connectivity index (χ1v) is 10.9. The second-order valence-corrected chi connectivity index (χ2v) is 8.78. The van der Waals surface area contributed by atoms with E-state index in [1.165, 1.54) is 30.2 Å². The number of methoxy groups -OCH3 is 1. The highest BCUT2D eigenvalue weighted by molar-refractivity contribution is 5.98. The zero-order valence-corrected chi connectivity index (χ0v) is 19.9. The maximum Gasteiger partial charge on any atom is 0.426 e. The molecule has 0 spiro atoms. The topological polar surface area (TPSA) is 148 Å². The standard InChI is InChI=1S/C22H23F4N7O4/c1-10-4-15(33-16(10)17(27)29-9-30-33)11-5-12(19(37-3)28-6-11)18(34)31-14-8-32(7-13(14)23)20(35)21(2,36)22(24,25)26/h4-6,9,13-14,36H,7-8H2,1-3H3,(H,31,34)(H2,27,29,30)/t13-,14+,21+/m0/s1. The number of carbonyl (C=O) groups is 2. The third-order valence-corrected chi connectivity index (χ3v) is 6.18. The Hall–Kier alpha value is -4.01. The monoisotopic (exact) mass is 525 g/mol. The molecule has 15 heteroatoms. The van der Waals surface area contributed by atoms with Crippen LogP contribution in [0.3, 0.4) is 0 Å². The number of anilines is 1. The molecule has 0 radical (unpaired) electrons. The fraction of sp³-hybridized carbons (Fsp3) is 0.409. The van der Waals surface area contributed by atoms with Crippen LogP contribution < -0.4 is 15.8 Å². The van der Waals surface area contributed by atoms with Gasteiger partial charge in [-0.3, -0.25) is 9.59 Å². The Morgan fingerprint density at radius 3 is 2.59 bits per heavy atom. The van der Waals surface area contributed by atoms with E-state index in [4.69, 9.17) is 10.5 Å². The van der Waals surface area contributed by atoms with Crippen LogP contribution in [-0.2, 0) is 4.79 Å². The van der Waals surface area contributed by atoms with Gasteiger partial charge in [0.1, 0.15) is 23.6 Å². The molecule has 0 saturated carbocycles. The Labute approximate surface area is 207 Å². The molecular formula is C22H23F4N7O4. The Morgan fingerprint density at radius 2 is 1.95 bits per heavy atom. The van der Waals surface area contributed by atoms with Crippen LogP contribution in [0.15, 0.2) is 24.7 Å². The van der Waals surface area contributed by atoms with Gasteiger partial charge in [0.2, 0.25) is 11.5 Å². The molecule has 1 saturated heterocycles. The number of nitrogens with one attached hydrogen (secondary N) is 1. The highest BCUT2D eigenvalue weighted by Crippen LogP contribution is 2.33. The van der Waals surface area contributed by atoms with Gasteiger partial charge in [0, 0.05) is 18.3 Å². The number of hydrogen-bond donors (Lipinski definition) is 3. The van der Waals surface area contributed by atoms with Gasteiger partial charge in [0.25, 0.3) is 11.8 Å². The maximum absolute atomic E-state index is 14.7. The van der Waals surface area contributed by atoms with Gasteiger partial charge < -0.3 is 25.8 Å². The summed E-state index contributed by atoms with van der Waals surface area (Å²) in [5.74, 6) is -2.38. The van der Waals surface area contributed by atoms with Crippen molar-refractivity contribution >= 4 is 23.1 Å². The number of nitrogens with zero attached hydrogens (tertiary/aromatic N) is 5. The molecule has 4 heterocycles. The van der Waals surface area contributed by atoms with Crippen LogP contribution in [0.2, 0.25) is 0 Å². The Balaban J connectivity index is 1.60. The van der Waals surface area contributed by atoms with Crippen LogP contribution in [0.4, 0.5) is 23.4 Å². The van der Waals surface area contributed by atoms with E-state index in [0.717, 1.165) is 5.56 Å². The summed E-state index contributed by atoms with van der Waals surface area (Å²) in [6.45, 7) is 0.782. The third-order valence-electron chi connectivity index (χ3n) is 6.18. The molecule has 0 aliphatic carbocycles. The predicted molar refractivity (Wildman–Crippen MR) is 121 cm³/mol. The van der Waals surface area contributed by atoms with Gasteiger partial charge in [-0.05, 0) is 31.5 Å². The second-order valence-electron chi connectivity index (χ2n) is 8.78. The molecule has 3 aromatic rings. The van der Waals surface area contributed by atoms with Crippen LogP contribution in [0.1, 0.15) is 22.8 Å². The molecule has 0 aromatic carbocycles. The number of aliphatic hydroxyl groups is 1. The molecule has 37 heavy (non-hydrogen) atoms. The number of alkyl halides is 4. The number of nitrogen functional groups attached to an aromatic ring is 1. The predicted octanol–water partition coefficient (Wildman–Crippen LogP) is 1.28. The van der Waals surface area contributed by atoms with Crippen molar-refractivity contribution in [3.63, 3.8) is 0 Å². The normalized spacial score (nSPS) is 19.6. The minimum atomic E-state index is -5.26. The number of ether oxygens (including phenoxy) is 1. The quantitative estimate of drug-likeness (QED) is 0.422. The summed E-state index contributed by atoms with van der Waals surface area (Å²) >= 11 is 0. The van der Waals surface area contributed by atoms with Crippen molar-refractivity contribution in [1.29, 1.82) is 0 Å². The summed E-state index contributed by atoms with van der Waals surface area (Å²) in [6.07, 6.45) is -4.44. The number of rotatable bonds is 5.